The highest BCUT2D eigenvalue weighted by atomic mass is 127. The Balaban J connectivity index is 2.05. The number of methoxy groups -OCH3 is 3. The molecule has 3 rings (SSSR count). The highest BCUT2D eigenvalue weighted by Crippen LogP contribution is 2.47. The minimum atomic E-state index is -3.63. The molecule has 0 bridgehead atoms. The van der Waals surface area contributed by atoms with Gasteiger partial charge in [-0.3, -0.25) is 0 Å². The molecule has 0 amide bonds. The maximum Gasteiger partial charge on any atom is 0.244 e. The van der Waals surface area contributed by atoms with E-state index in [1.165, 1.54) is 4.31 Å². The highest BCUT2D eigenvalue weighted by molar-refractivity contribution is 14.1. The van der Waals surface area contributed by atoms with Crippen molar-refractivity contribution in [1.29, 1.82) is 0 Å². The number of benzene rings is 2. The average molecular weight is 521 g/mol. The Bertz CT molecular complexity index is 918. The molecule has 0 radical (unpaired) electrons. The summed E-state index contributed by atoms with van der Waals surface area (Å²) in [4.78, 5) is 0.287. The summed E-state index contributed by atoms with van der Waals surface area (Å²) in [5, 5.41) is -0.399. The SMILES string of the molecule is COc1cc(OC)c(C2SCCN2S(=O)(=O)c2ccc(I)cc2)cc1OC. The molecule has 0 aliphatic carbocycles. The molecular weight excluding hydrogens is 501 g/mol. The number of rotatable bonds is 6. The monoisotopic (exact) mass is 521 g/mol. The quantitative estimate of drug-likeness (QED) is 0.540. The molecule has 0 aromatic heterocycles. The number of hydrogen-bond acceptors (Lipinski definition) is 6. The molecule has 9 heteroatoms. The Labute approximate surface area is 177 Å². The molecule has 2 aromatic rings. The first-order valence-corrected chi connectivity index (χ1v) is 11.7. The van der Waals surface area contributed by atoms with Gasteiger partial charge in [0.25, 0.3) is 0 Å². The molecule has 1 aliphatic heterocycles. The number of hydrogen-bond donors (Lipinski definition) is 0. The number of nitrogens with zero attached hydrogens (tertiary/aromatic N) is 1. The number of halogens is 1. The van der Waals surface area contributed by atoms with E-state index >= 15 is 0 Å². The summed E-state index contributed by atoms with van der Waals surface area (Å²) in [7, 11) is 1.03. The third-order valence-corrected chi connectivity index (χ3v) is 8.24. The molecular formula is C18H20INO5S2. The lowest BCUT2D eigenvalue weighted by Gasteiger charge is -2.25. The van der Waals surface area contributed by atoms with Crippen molar-refractivity contribution in [2.45, 2.75) is 10.3 Å². The molecule has 0 N–H and O–H groups in total. The first kappa shape index (κ1) is 20.6. The van der Waals surface area contributed by atoms with Gasteiger partial charge >= 0.3 is 0 Å². The lowest BCUT2D eigenvalue weighted by molar-refractivity contribution is 0.344. The van der Waals surface area contributed by atoms with E-state index in [1.807, 2.05) is 0 Å². The van der Waals surface area contributed by atoms with Crippen LogP contribution in [-0.4, -0.2) is 46.4 Å². The first-order valence-electron chi connectivity index (χ1n) is 8.11. The molecule has 1 atom stereocenters. The van der Waals surface area contributed by atoms with Gasteiger partial charge in [-0.2, -0.15) is 4.31 Å². The Morgan fingerprint density at radius 3 is 2.19 bits per heavy atom. The van der Waals surface area contributed by atoms with Crippen molar-refractivity contribution in [3.8, 4) is 17.2 Å². The fourth-order valence-electron chi connectivity index (χ4n) is 2.93. The van der Waals surface area contributed by atoms with Crippen molar-refractivity contribution < 1.29 is 22.6 Å². The molecule has 1 saturated heterocycles. The second kappa shape index (κ2) is 8.46. The third kappa shape index (κ3) is 4.01. The van der Waals surface area contributed by atoms with E-state index < -0.39 is 15.4 Å². The maximum atomic E-state index is 13.2. The second-order valence-electron chi connectivity index (χ2n) is 5.74. The fourth-order valence-corrected chi connectivity index (χ4v) is 6.54. The van der Waals surface area contributed by atoms with Crippen LogP contribution in [0.25, 0.3) is 0 Å². The molecule has 1 aliphatic rings. The summed E-state index contributed by atoms with van der Waals surface area (Å²) in [6.07, 6.45) is 0. The van der Waals surface area contributed by atoms with Crippen molar-refractivity contribution in [3.05, 3.63) is 45.5 Å². The molecule has 6 nitrogen and oxygen atoms in total. The van der Waals surface area contributed by atoms with Gasteiger partial charge < -0.3 is 14.2 Å². The van der Waals surface area contributed by atoms with Gasteiger partial charge in [0.05, 0.1) is 31.6 Å². The normalized spacial score (nSPS) is 17.7. The zero-order chi connectivity index (χ0) is 19.6. The van der Waals surface area contributed by atoms with Crippen LogP contribution in [0.4, 0.5) is 0 Å². The van der Waals surface area contributed by atoms with Crippen LogP contribution in [0.5, 0.6) is 17.2 Å². The van der Waals surface area contributed by atoms with Crippen molar-refractivity contribution in [3.63, 3.8) is 0 Å². The van der Waals surface area contributed by atoms with Gasteiger partial charge in [-0.1, -0.05) is 0 Å². The summed E-state index contributed by atoms with van der Waals surface area (Å²) >= 11 is 3.71. The third-order valence-electron chi connectivity index (χ3n) is 4.27. The minimum absolute atomic E-state index is 0.287. The van der Waals surface area contributed by atoms with Crippen LogP contribution in [0.1, 0.15) is 10.9 Å². The van der Waals surface area contributed by atoms with E-state index in [4.69, 9.17) is 14.2 Å². The Morgan fingerprint density at radius 1 is 1.00 bits per heavy atom. The van der Waals surface area contributed by atoms with Gasteiger partial charge in [0.2, 0.25) is 10.0 Å². The topological polar surface area (TPSA) is 65.1 Å². The molecule has 0 saturated carbocycles. The van der Waals surface area contributed by atoms with Gasteiger partial charge in [-0.05, 0) is 52.9 Å². The van der Waals surface area contributed by atoms with Crippen molar-refractivity contribution >= 4 is 44.4 Å². The van der Waals surface area contributed by atoms with Crippen LogP contribution < -0.4 is 14.2 Å². The van der Waals surface area contributed by atoms with Gasteiger partial charge in [0.1, 0.15) is 5.75 Å². The molecule has 1 unspecified atom stereocenters. The largest absolute Gasteiger partial charge is 0.496 e. The Hall–Kier alpha value is -1.17. The van der Waals surface area contributed by atoms with E-state index in [0.717, 1.165) is 9.13 Å². The molecule has 0 spiro atoms. The van der Waals surface area contributed by atoms with Crippen LogP contribution in [0, 0.1) is 3.57 Å². The highest BCUT2D eigenvalue weighted by Gasteiger charge is 2.38. The average Bonchev–Trinajstić information content (AvgIpc) is 3.17. The van der Waals surface area contributed by atoms with Gasteiger partial charge in [0, 0.05) is 27.5 Å². The zero-order valence-electron chi connectivity index (χ0n) is 15.1. The Kier molecular flexibility index (Phi) is 6.44. The van der Waals surface area contributed by atoms with Crippen molar-refractivity contribution in [2.75, 3.05) is 33.6 Å². The predicted molar refractivity (Wildman–Crippen MR) is 114 cm³/mol. The summed E-state index contributed by atoms with van der Waals surface area (Å²) in [6.45, 7) is 0.432. The molecule has 2 aromatic carbocycles. The standard InChI is InChI=1S/C18H20INO5S2/c1-23-15-11-17(25-3)16(24-2)10-14(15)18-20(8-9-26-18)27(21,22)13-6-4-12(19)5-7-13/h4-7,10-11,18H,8-9H2,1-3H3. The summed E-state index contributed by atoms with van der Waals surface area (Å²) in [5.41, 5.74) is 0.742. The molecule has 1 fully saturated rings. The van der Waals surface area contributed by atoms with E-state index in [-0.39, 0.29) is 4.90 Å². The number of thioether (sulfide) groups is 1. The smallest absolute Gasteiger partial charge is 0.244 e. The molecule has 1 heterocycles. The second-order valence-corrected chi connectivity index (χ2v) is 10.1. The summed E-state index contributed by atoms with van der Waals surface area (Å²) in [6, 6.07) is 10.4. The van der Waals surface area contributed by atoms with E-state index in [0.29, 0.717) is 29.5 Å². The van der Waals surface area contributed by atoms with Crippen LogP contribution in [0.2, 0.25) is 0 Å². The Morgan fingerprint density at radius 2 is 1.59 bits per heavy atom. The van der Waals surface area contributed by atoms with Gasteiger partial charge in [0.15, 0.2) is 11.5 Å². The number of ether oxygens (including phenoxy) is 3. The first-order chi connectivity index (χ1) is 12.9. The van der Waals surface area contributed by atoms with E-state index in [9.17, 15) is 8.42 Å². The molecule has 27 heavy (non-hydrogen) atoms. The fraction of sp³-hybridized carbons (Fsp3) is 0.333. The maximum absolute atomic E-state index is 13.2. The lowest BCUT2D eigenvalue weighted by atomic mass is 10.1. The number of sulfonamides is 1. The van der Waals surface area contributed by atoms with Crippen molar-refractivity contribution in [1.82, 2.24) is 4.31 Å². The van der Waals surface area contributed by atoms with Crippen LogP contribution in [0.3, 0.4) is 0 Å². The van der Waals surface area contributed by atoms with E-state index in [1.54, 1.807) is 69.5 Å². The minimum Gasteiger partial charge on any atom is -0.496 e. The predicted octanol–water partition coefficient (Wildman–Crippen LogP) is 3.75. The van der Waals surface area contributed by atoms with Crippen LogP contribution in [-0.2, 0) is 10.0 Å². The van der Waals surface area contributed by atoms with Crippen LogP contribution >= 0.6 is 34.4 Å². The van der Waals surface area contributed by atoms with Gasteiger partial charge in [-0.15, -0.1) is 11.8 Å². The zero-order valence-corrected chi connectivity index (χ0v) is 18.9. The van der Waals surface area contributed by atoms with E-state index in [2.05, 4.69) is 22.6 Å². The van der Waals surface area contributed by atoms with Gasteiger partial charge in [-0.25, -0.2) is 8.42 Å². The summed E-state index contributed by atoms with van der Waals surface area (Å²) < 4.78 is 45.2. The molecule has 146 valence electrons. The van der Waals surface area contributed by atoms with Crippen LogP contribution in [0.15, 0.2) is 41.3 Å². The van der Waals surface area contributed by atoms with Crippen molar-refractivity contribution in [2.24, 2.45) is 0 Å². The summed E-state index contributed by atoms with van der Waals surface area (Å²) in [5.74, 6) is 2.33. The lowest BCUT2D eigenvalue weighted by Crippen LogP contribution is -2.30.